The molecule has 76 valence electrons. The molecule has 0 amide bonds. The van der Waals surface area contributed by atoms with Gasteiger partial charge in [-0.1, -0.05) is 0 Å². The van der Waals surface area contributed by atoms with E-state index in [0.29, 0.717) is 12.1 Å². The molecule has 1 aliphatic rings. The number of nitrogens with zero attached hydrogens (tertiary/aromatic N) is 3. The molecule has 0 fully saturated rings. The van der Waals surface area contributed by atoms with Crippen molar-refractivity contribution in [3.63, 3.8) is 0 Å². The first-order chi connectivity index (χ1) is 7.36. The summed E-state index contributed by atoms with van der Waals surface area (Å²) in [6, 6.07) is 3.95. The van der Waals surface area contributed by atoms with Crippen molar-refractivity contribution < 1.29 is 4.79 Å². The fourth-order valence-electron chi connectivity index (χ4n) is 2.16. The molecule has 15 heavy (non-hydrogen) atoms. The third-order valence-corrected chi connectivity index (χ3v) is 2.88. The van der Waals surface area contributed by atoms with Crippen molar-refractivity contribution in [2.24, 2.45) is 0 Å². The van der Waals surface area contributed by atoms with Gasteiger partial charge in [0.1, 0.15) is 0 Å². The lowest BCUT2D eigenvalue weighted by atomic mass is 10.2. The molecule has 0 radical (unpaired) electrons. The topological polar surface area (TPSA) is 47.8 Å². The van der Waals surface area contributed by atoms with E-state index in [9.17, 15) is 4.79 Å². The third kappa shape index (κ3) is 1.25. The summed E-state index contributed by atoms with van der Waals surface area (Å²) in [7, 11) is 0. The van der Waals surface area contributed by atoms with Gasteiger partial charge in [-0.25, -0.2) is 0 Å². The van der Waals surface area contributed by atoms with E-state index >= 15 is 0 Å². The maximum atomic E-state index is 11.9. The predicted molar refractivity (Wildman–Crippen MR) is 55.7 cm³/mol. The lowest BCUT2D eigenvalue weighted by molar-refractivity contribution is 0.0907. The number of hydrogen-bond donors (Lipinski definition) is 0. The average Bonchev–Trinajstić information content (AvgIpc) is 2.53. The lowest BCUT2D eigenvalue weighted by Crippen LogP contribution is -2.11. The highest BCUT2D eigenvalue weighted by atomic mass is 16.2. The SMILES string of the molecule is O=C1CCCCc2cc3ccnnc3n21. The van der Waals surface area contributed by atoms with Gasteiger partial charge in [0.15, 0.2) is 5.65 Å². The molecular weight excluding hydrogens is 190 g/mol. The van der Waals surface area contributed by atoms with Gasteiger partial charge in [0.2, 0.25) is 5.91 Å². The summed E-state index contributed by atoms with van der Waals surface area (Å²) in [4.78, 5) is 11.9. The van der Waals surface area contributed by atoms with Crippen molar-refractivity contribution in [2.75, 3.05) is 0 Å². The molecule has 4 nitrogen and oxygen atoms in total. The Morgan fingerprint density at radius 3 is 3.07 bits per heavy atom. The molecule has 0 N–H and O–H groups in total. The zero-order chi connectivity index (χ0) is 10.3. The standard InChI is InChI=1S/C11H11N3O/c15-10-4-2-1-3-9-7-8-5-6-12-13-11(8)14(9)10/h5-7H,1-4H2. The molecule has 0 saturated heterocycles. The Bertz CT molecular complexity index is 530. The highest BCUT2D eigenvalue weighted by molar-refractivity contribution is 5.91. The average molecular weight is 201 g/mol. The number of carbonyl (C=O) groups is 1. The van der Waals surface area contributed by atoms with Gasteiger partial charge in [-0.2, -0.15) is 5.10 Å². The minimum atomic E-state index is 0.151. The smallest absolute Gasteiger partial charge is 0.232 e. The van der Waals surface area contributed by atoms with Gasteiger partial charge in [-0.15, -0.1) is 5.10 Å². The normalized spacial score (nSPS) is 16.4. The molecule has 0 aromatic carbocycles. The molecule has 3 rings (SSSR count). The second kappa shape index (κ2) is 3.15. The first-order valence-electron chi connectivity index (χ1n) is 5.21. The van der Waals surface area contributed by atoms with E-state index in [-0.39, 0.29) is 5.91 Å². The van der Waals surface area contributed by atoms with Gasteiger partial charge in [0.05, 0.1) is 6.20 Å². The third-order valence-electron chi connectivity index (χ3n) is 2.88. The summed E-state index contributed by atoms with van der Waals surface area (Å²) in [5, 5.41) is 8.88. The largest absolute Gasteiger partial charge is 0.274 e. The van der Waals surface area contributed by atoms with Crippen LogP contribution in [-0.4, -0.2) is 20.7 Å². The molecule has 0 saturated carbocycles. The van der Waals surface area contributed by atoms with E-state index in [1.165, 1.54) is 0 Å². The number of aromatic nitrogens is 3. The maximum Gasteiger partial charge on any atom is 0.232 e. The molecule has 4 heteroatoms. The van der Waals surface area contributed by atoms with E-state index < -0.39 is 0 Å². The molecule has 0 spiro atoms. The van der Waals surface area contributed by atoms with Crippen LogP contribution < -0.4 is 0 Å². The second-order valence-corrected chi connectivity index (χ2v) is 3.88. The summed E-state index contributed by atoms with van der Waals surface area (Å²) in [5.41, 5.74) is 1.78. The number of aryl methyl sites for hydroxylation is 1. The van der Waals surface area contributed by atoms with Crippen LogP contribution in [0.4, 0.5) is 0 Å². The number of hydrogen-bond acceptors (Lipinski definition) is 3. The first kappa shape index (κ1) is 8.59. The molecular formula is C11H11N3O. The Morgan fingerprint density at radius 2 is 2.13 bits per heavy atom. The zero-order valence-electron chi connectivity index (χ0n) is 8.31. The van der Waals surface area contributed by atoms with Crippen LogP contribution >= 0.6 is 0 Å². The molecule has 0 unspecified atom stereocenters. The zero-order valence-corrected chi connectivity index (χ0v) is 8.31. The van der Waals surface area contributed by atoms with Crippen LogP contribution in [0.25, 0.3) is 11.0 Å². The van der Waals surface area contributed by atoms with Gasteiger partial charge in [0, 0.05) is 17.5 Å². The van der Waals surface area contributed by atoms with Crippen molar-refractivity contribution in [3.8, 4) is 0 Å². The van der Waals surface area contributed by atoms with Crippen LogP contribution in [-0.2, 0) is 6.42 Å². The van der Waals surface area contributed by atoms with Crippen LogP contribution in [0.15, 0.2) is 18.3 Å². The highest BCUT2D eigenvalue weighted by Crippen LogP contribution is 2.22. The van der Waals surface area contributed by atoms with Crippen molar-refractivity contribution in [1.82, 2.24) is 14.8 Å². The van der Waals surface area contributed by atoms with Crippen molar-refractivity contribution in [2.45, 2.75) is 25.7 Å². The Balaban J connectivity index is 2.32. The highest BCUT2D eigenvalue weighted by Gasteiger charge is 2.18. The second-order valence-electron chi connectivity index (χ2n) is 3.88. The van der Waals surface area contributed by atoms with Crippen molar-refractivity contribution >= 4 is 16.9 Å². The molecule has 3 heterocycles. The Hall–Kier alpha value is -1.71. The summed E-state index contributed by atoms with van der Waals surface area (Å²) in [5.74, 6) is 0.151. The fraction of sp³-hybridized carbons (Fsp3) is 0.364. The van der Waals surface area contributed by atoms with Gasteiger partial charge < -0.3 is 0 Å². The predicted octanol–water partition coefficient (Wildman–Crippen LogP) is 1.80. The van der Waals surface area contributed by atoms with E-state index in [1.54, 1.807) is 10.8 Å². The molecule has 2 aromatic rings. The van der Waals surface area contributed by atoms with Crippen LogP contribution in [0.1, 0.15) is 29.8 Å². The van der Waals surface area contributed by atoms with Crippen LogP contribution in [0.2, 0.25) is 0 Å². The molecule has 0 bridgehead atoms. The van der Waals surface area contributed by atoms with Gasteiger partial charge in [0.25, 0.3) is 0 Å². The number of carbonyl (C=O) groups excluding carboxylic acids is 1. The quantitative estimate of drug-likeness (QED) is 0.653. The number of fused-ring (bicyclic) bond motifs is 3. The maximum absolute atomic E-state index is 11.9. The van der Waals surface area contributed by atoms with E-state index in [0.717, 1.165) is 30.3 Å². The van der Waals surface area contributed by atoms with Crippen LogP contribution in [0, 0.1) is 0 Å². The van der Waals surface area contributed by atoms with Crippen LogP contribution in [0.5, 0.6) is 0 Å². The fourth-order valence-corrected chi connectivity index (χ4v) is 2.16. The molecule has 0 aliphatic carbocycles. The molecule has 1 aliphatic heterocycles. The van der Waals surface area contributed by atoms with Gasteiger partial charge in [-0.05, 0) is 31.4 Å². The molecule has 0 atom stereocenters. The van der Waals surface area contributed by atoms with Gasteiger partial charge in [-0.3, -0.25) is 9.36 Å². The minimum absolute atomic E-state index is 0.151. The summed E-state index contributed by atoms with van der Waals surface area (Å²) < 4.78 is 1.73. The van der Waals surface area contributed by atoms with E-state index in [4.69, 9.17) is 0 Å². The van der Waals surface area contributed by atoms with E-state index in [1.807, 2.05) is 12.1 Å². The minimum Gasteiger partial charge on any atom is -0.274 e. The van der Waals surface area contributed by atoms with Crippen LogP contribution in [0.3, 0.4) is 0 Å². The number of rotatable bonds is 0. The van der Waals surface area contributed by atoms with Crippen molar-refractivity contribution in [1.29, 1.82) is 0 Å². The molecule has 2 aromatic heterocycles. The Labute approximate surface area is 86.9 Å². The lowest BCUT2D eigenvalue weighted by Gasteiger charge is -2.02. The Morgan fingerprint density at radius 1 is 1.27 bits per heavy atom. The first-order valence-corrected chi connectivity index (χ1v) is 5.21. The van der Waals surface area contributed by atoms with Crippen molar-refractivity contribution in [3.05, 3.63) is 24.0 Å². The Kier molecular flexibility index (Phi) is 1.80. The van der Waals surface area contributed by atoms with Gasteiger partial charge >= 0.3 is 0 Å². The monoisotopic (exact) mass is 201 g/mol. The summed E-state index contributed by atoms with van der Waals surface area (Å²) >= 11 is 0. The summed E-state index contributed by atoms with van der Waals surface area (Å²) in [6.07, 6.45) is 5.29. The summed E-state index contributed by atoms with van der Waals surface area (Å²) in [6.45, 7) is 0. The van der Waals surface area contributed by atoms with E-state index in [2.05, 4.69) is 10.2 Å².